The Balaban J connectivity index is 1.27. The van der Waals surface area contributed by atoms with Crippen molar-refractivity contribution in [1.82, 2.24) is 10.0 Å². The number of aliphatic hydroxyl groups excluding tert-OH is 1. The predicted molar refractivity (Wildman–Crippen MR) is 191 cm³/mol. The van der Waals surface area contributed by atoms with Crippen LogP contribution in [0.5, 0.6) is 5.75 Å². The van der Waals surface area contributed by atoms with Gasteiger partial charge >= 0.3 is 6.03 Å². The molecule has 0 aromatic heterocycles. The molecular weight excluding hydrogens is 664 g/mol. The van der Waals surface area contributed by atoms with Gasteiger partial charge in [0.1, 0.15) is 15.7 Å². The Hall–Kier alpha value is -3.12. The summed E-state index contributed by atoms with van der Waals surface area (Å²) in [5, 5.41) is 12.9. The summed E-state index contributed by atoms with van der Waals surface area (Å²) in [6, 6.07) is 10.7. The average Bonchev–Trinajstić information content (AvgIpc) is 3.83. The van der Waals surface area contributed by atoms with Crippen molar-refractivity contribution in [3.05, 3.63) is 70.3 Å². The summed E-state index contributed by atoms with van der Waals surface area (Å²) in [4.78, 5) is 29.2. The Morgan fingerprint density at radius 1 is 1.24 bits per heavy atom. The molecule has 2 saturated carbocycles. The third-order valence-corrected chi connectivity index (χ3v) is 13.5. The molecule has 7 rings (SSSR count). The van der Waals surface area contributed by atoms with Crippen LogP contribution >= 0.6 is 11.6 Å². The van der Waals surface area contributed by atoms with E-state index >= 15 is 0 Å². The number of urea groups is 1. The molecule has 264 valence electrons. The van der Waals surface area contributed by atoms with Gasteiger partial charge in [-0.1, -0.05) is 36.7 Å². The predicted octanol–water partition coefficient (Wildman–Crippen LogP) is 5.65. The fraction of sp³-hybridized carbons (Fsp3) is 0.568. The first-order valence-corrected chi connectivity index (χ1v) is 19.6. The number of aliphatic hydroxyl groups is 1. The first-order valence-electron chi connectivity index (χ1n) is 17.6. The summed E-state index contributed by atoms with van der Waals surface area (Å²) in [5.74, 6) is 0.610. The topological polar surface area (TPSA) is 130 Å². The van der Waals surface area contributed by atoms with Crippen LogP contribution in [-0.4, -0.2) is 72.6 Å². The van der Waals surface area contributed by atoms with Crippen LogP contribution in [0.4, 0.5) is 10.5 Å². The highest BCUT2D eigenvalue weighted by Gasteiger charge is 2.44. The smallest absolute Gasteiger partial charge is 0.327 e. The monoisotopic (exact) mass is 710 g/mol. The van der Waals surface area contributed by atoms with E-state index in [9.17, 15) is 18.9 Å². The molecular formula is C37H47ClN4O6S. The van der Waals surface area contributed by atoms with Gasteiger partial charge in [0, 0.05) is 54.8 Å². The lowest BCUT2D eigenvalue weighted by Gasteiger charge is -2.46. The molecule has 2 fully saturated rings. The van der Waals surface area contributed by atoms with E-state index in [1.165, 1.54) is 11.1 Å². The highest BCUT2D eigenvalue weighted by Crippen LogP contribution is 2.47. The molecule has 10 nitrogen and oxygen atoms in total. The first kappa shape index (κ1) is 34.3. The summed E-state index contributed by atoms with van der Waals surface area (Å²) in [7, 11) is -1.75. The molecule has 3 N–H and O–H groups in total. The van der Waals surface area contributed by atoms with Crippen LogP contribution in [0.2, 0.25) is 5.02 Å². The number of allylic oxidation sites excluding steroid dienone is 1. The quantitative estimate of drug-likeness (QED) is 0.350. The lowest BCUT2D eigenvalue weighted by Crippen LogP contribution is -2.49. The molecule has 3 aliphatic carbocycles. The number of hydrogen-bond donors (Lipinski definition) is 3. The highest BCUT2D eigenvalue weighted by molar-refractivity contribution is 7.92. The zero-order valence-corrected chi connectivity index (χ0v) is 29.8. The number of methoxy groups -OCH3 is 1. The van der Waals surface area contributed by atoms with Crippen LogP contribution in [0.25, 0.3) is 0 Å². The van der Waals surface area contributed by atoms with Gasteiger partial charge in [0.2, 0.25) is 0 Å². The fourth-order valence-electron chi connectivity index (χ4n) is 8.34. The molecule has 1 spiro atoms. The van der Waals surface area contributed by atoms with E-state index in [1.807, 2.05) is 25.1 Å². The van der Waals surface area contributed by atoms with E-state index in [0.717, 1.165) is 49.4 Å². The van der Waals surface area contributed by atoms with Crippen LogP contribution in [0.15, 0.2) is 52.9 Å². The maximum atomic E-state index is 14.3. The van der Waals surface area contributed by atoms with Gasteiger partial charge in [-0.05, 0) is 104 Å². The third-order valence-electron chi connectivity index (χ3n) is 11.2. The van der Waals surface area contributed by atoms with Crippen LogP contribution in [0, 0.1) is 23.7 Å². The number of amides is 3. The Labute approximate surface area is 294 Å². The summed E-state index contributed by atoms with van der Waals surface area (Å²) in [6.45, 7) is 3.90. The Morgan fingerprint density at radius 3 is 2.86 bits per heavy atom. The second-order valence-corrected chi connectivity index (χ2v) is 17.3. The second kappa shape index (κ2) is 13.9. The van der Waals surface area contributed by atoms with Crippen molar-refractivity contribution in [2.45, 2.75) is 69.4 Å². The molecule has 3 amide bonds. The molecule has 2 aromatic carbocycles. The zero-order valence-electron chi connectivity index (χ0n) is 28.2. The maximum Gasteiger partial charge on any atom is 0.327 e. The standard InChI is InChI=1S/C37H47ClN4O6S/c1-23-5-3-7-33(47-2)29-11-8-26(29)18-42-21-37(14-4-6-24-15-28(38)10-12-30(24)37)22-48-34-13-9-25(17-32(34)42)35(44)40-49(46,20-23)41-36(45)39-31-16-27(31)19-43/h3,7,9-10,12-13,15,17,23,26-27,29,31,33,43H,4-6,8,11,14,16,18-22H2,1-2H3,(H2,39,40,41,44,45,46)/b7-3+/t23-,26-,27-,29+,31-,33-,37-,49?/m0/s1. The highest BCUT2D eigenvalue weighted by atomic mass is 35.5. The number of ether oxygens (including phenoxy) is 2. The number of anilines is 1. The Morgan fingerprint density at radius 2 is 2.10 bits per heavy atom. The molecule has 49 heavy (non-hydrogen) atoms. The van der Waals surface area contributed by atoms with Gasteiger partial charge in [0.05, 0.1) is 24.2 Å². The molecule has 5 aliphatic rings. The first-order chi connectivity index (χ1) is 23.6. The number of carbonyl (C=O) groups excluding carboxylic acids is 2. The van der Waals surface area contributed by atoms with Crippen molar-refractivity contribution in [1.29, 1.82) is 0 Å². The van der Waals surface area contributed by atoms with E-state index in [1.54, 1.807) is 13.2 Å². The van der Waals surface area contributed by atoms with Crippen molar-refractivity contribution in [3.8, 4) is 5.75 Å². The fourth-order valence-corrected chi connectivity index (χ4v) is 10.4. The second-order valence-electron chi connectivity index (χ2n) is 14.8. The molecule has 1 unspecified atom stereocenters. The summed E-state index contributed by atoms with van der Waals surface area (Å²) >= 11 is 6.44. The number of halogens is 1. The van der Waals surface area contributed by atoms with Crippen molar-refractivity contribution >= 4 is 39.1 Å². The number of nitrogens with one attached hydrogen (secondary N) is 2. The SMILES string of the molecule is CO[C@H]1/C=C/C[C@H](C)CS(=O)(NC(=O)N[C@H]2C[C@H]2CO)=NC(=O)c2ccc3c(c2)N(C[C@@H]2CC[C@H]21)C[C@@]1(CCCc2cc(Cl)ccc21)CO3. The minimum atomic E-state index is -3.50. The summed E-state index contributed by atoms with van der Waals surface area (Å²) < 4.78 is 33.7. The zero-order chi connectivity index (χ0) is 34.3. The number of hydrogen-bond acceptors (Lipinski definition) is 7. The molecule has 2 bridgehead atoms. The van der Waals surface area contributed by atoms with E-state index in [2.05, 4.69) is 43.6 Å². The van der Waals surface area contributed by atoms with E-state index in [0.29, 0.717) is 43.6 Å². The number of benzene rings is 2. The Kier molecular flexibility index (Phi) is 9.73. The molecule has 2 aromatic rings. The van der Waals surface area contributed by atoms with Crippen molar-refractivity contribution in [2.75, 3.05) is 44.1 Å². The molecule has 2 aliphatic heterocycles. The minimum absolute atomic E-state index is 0.000417. The molecule has 0 saturated heterocycles. The van der Waals surface area contributed by atoms with Crippen LogP contribution in [0.3, 0.4) is 0 Å². The number of aryl methyl sites for hydroxylation is 1. The van der Waals surface area contributed by atoms with Gasteiger partial charge in [-0.2, -0.15) is 0 Å². The van der Waals surface area contributed by atoms with Gasteiger partial charge < -0.3 is 24.8 Å². The number of fused-ring (bicyclic) bond motifs is 4. The van der Waals surface area contributed by atoms with Gasteiger partial charge in [-0.3, -0.25) is 9.52 Å². The number of carbonyl (C=O) groups is 2. The van der Waals surface area contributed by atoms with Crippen LogP contribution in [0.1, 0.15) is 66.9 Å². The molecule has 12 heteroatoms. The van der Waals surface area contributed by atoms with E-state index in [-0.39, 0.29) is 47.3 Å². The van der Waals surface area contributed by atoms with Crippen LogP contribution < -0.4 is 19.7 Å². The van der Waals surface area contributed by atoms with Crippen molar-refractivity contribution in [3.63, 3.8) is 0 Å². The van der Waals surface area contributed by atoms with Crippen LogP contribution in [-0.2, 0) is 26.5 Å². The van der Waals surface area contributed by atoms with Gasteiger partial charge in [-0.25, -0.2) is 9.00 Å². The van der Waals surface area contributed by atoms with Crippen molar-refractivity contribution in [2.24, 2.45) is 28.0 Å². The van der Waals surface area contributed by atoms with E-state index in [4.69, 9.17) is 21.1 Å². The average molecular weight is 711 g/mol. The summed E-state index contributed by atoms with van der Waals surface area (Å²) in [5.41, 5.74) is 3.38. The van der Waals surface area contributed by atoms with Gasteiger partial charge in [0.25, 0.3) is 5.91 Å². The van der Waals surface area contributed by atoms with E-state index < -0.39 is 21.9 Å². The molecule has 2 heterocycles. The number of rotatable bonds is 4. The van der Waals surface area contributed by atoms with Crippen molar-refractivity contribution < 1.29 is 28.4 Å². The normalized spacial score (nSPS) is 34.6. The maximum absolute atomic E-state index is 14.3. The lowest BCUT2D eigenvalue weighted by atomic mass is 9.68. The third kappa shape index (κ3) is 7.22. The molecule has 8 atom stereocenters. The largest absolute Gasteiger partial charge is 0.490 e. The Bertz CT molecular complexity index is 1760. The number of nitrogens with zero attached hydrogens (tertiary/aromatic N) is 2. The van der Waals surface area contributed by atoms with Gasteiger partial charge in [-0.15, -0.1) is 4.36 Å². The molecule has 0 radical (unpaired) electrons. The van der Waals surface area contributed by atoms with Gasteiger partial charge in [0.15, 0.2) is 0 Å². The minimum Gasteiger partial charge on any atom is -0.490 e. The lowest BCUT2D eigenvalue weighted by molar-refractivity contribution is 0.0131. The summed E-state index contributed by atoms with van der Waals surface area (Å²) in [6.07, 6.45) is 10.5.